The maximum absolute atomic E-state index is 11.1. The Balaban J connectivity index is 2.12. The highest BCUT2D eigenvalue weighted by Gasteiger charge is 2.02. The zero-order chi connectivity index (χ0) is 14.5. The smallest absolute Gasteiger partial charge is 0.269 e. The number of carbonyl (C=O) groups is 1. The second kappa shape index (κ2) is 5.88. The van der Waals surface area contributed by atoms with Gasteiger partial charge in [0.25, 0.3) is 5.69 Å². The molecular formula is C15H12N2O3. The molecule has 2 rings (SSSR count). The molecule has 0 amide bonds. The Hall–Kier alpha value is -2.82. The van der Waals surface area contributed by atoms with Gasteiger partial charge in [-0.1, -0.05) is 0 Å². The van der Waals surface area contributed by atoms with Crippen LogP contribution in [0.2, 0.25) is 0 Å². The lowest BCUT2D eigenvalue weighted by Crippen LogP contribution is -1.90. The van der Waals surface area contributed by atoms with Crippen LogP contribution in [0.3, 0.4) is 0 Å². The predicted octanol–water partition coefficient (Wildman–Crippen LogP) is 3.55. The van der Waals surface area contributed by atoms with Gasteiger partial charge in [0.2, 0.25) is 0 Å². The van der Waals surface area contributed by atoms with Gasteiger partial charge in [-0.25, -0.2) is 0 Å². The molecule has 0 saturated heterocycles. The first-order chi connectivity index (χ1) is 9.56. The van der Waals surface area contributed by atoms with E-state index >= 15 is 0 Å². The summed E-state index contributed by atoms with van der Waals surface area (Å²) >= 11 is 0. The molecule has 0 aliphatic carbocycles. The van der Waals surface area contributed by atoms with E-state index in [0.29, 0.717) is 11.3 Å². The number of ketones is 1. The first-order valence-electron chi connectivity index (χ1n) is 5.96. The SMILES string of the molecule is CC(=O)c1ccc(N=Cc2ccc([N+](=O)[O-])cc2)cc1. The molecule has 5 heteroatoms. The molecule has 0 heterocycles. The Morgan fingerprint density at radius 3 is 2.20 bits per heavy atom. The highest BCUT2D eigenvalue weighted by atomic mass is 16.6. The molecule has 0 atom stereocenters. The number of hydrogen-bond acceptors (Lipinski definition) is 4. The molecule has 20 heavy (non-hydrogen) atoms. The third-order valence-electron chi connectivity index (χ3n) is 2.74. The lowest BCUT2D eigenvalue weighted by Gasteiger charge is -1.97. The van der Waals surface area contributed by atoms with Crippen molar-refractivity contribution in [1.82, 2.24) is 0 Å². The standard InChI is InChI=1S/C15H12N2O3/c1-11(18)13-4-6-14(7-5-13)16-10-12-2-8-15(9-3-12)17(19)20/h2-10H,1H3. The number of non-ortho nitro benzene ring substituents is 1. The van der Waals surface area contributed by atoms with Crippen LogP contribution in [0.1, 0.15) is 22.8 Å². The minimum Gasteiger partial charge on any atom is -0.295 e. The quantitative estimate of drug-likeness (QED) is 0.368. The Labute approximate surface area is 115 Å². The van der Waals surface area contributed by atoms with E-state index in [0.717, 1.165) is 5.56 Å². The van der Waals surface area contributed by atoms with Crippen LogP contribution in [0, 0.1) is 10.1 Å². The van der Waals surface area contributed by atoms with E-state index < -0.39 is 4.92 Å². The molecule has 100 valence electrons. The van der Waals surface area contributed by atoms with Crippen LogP contribution in [0.5, 0.6) is 0 Å². The summed E-state index contributed by atoms with van der Waals surface area (Å²) < 4.78 is 0. The zero-order valence-corrected chi connectivity index (χ0v) is 10.8. The summed E-state index contributed by atoms with van der Waals surface area (Å²) in [6.07, 6.45) is 1.62. The summed E-state index contributed by atoms with van der Waals surface area (Å²) in [7, 11) is 0. The number of benzene rings is 2. The van der Waals surface area contributed by atoms with Gasteiger partial charge >= 0.3 is 0 Å². The Kier molecular flexibility index (Phi) is 4.00. The van der Waals surface area contributed by atoms with Crippen LogP contribution in [-0.2, 0) is 0 Å². The third-order valence-corrected chi connectivity index (χ3v) is 2.74. The molecule has 0 bridgehead atoms. The highest BCUT2D eigenvalue weighted by molar-refractivity contribution is 5.94. The van der Waals surface area contributed by atoms with Gasteiger partial charge in [-0.2, -0.15) is 0 Å². The van der Waals surface area contributed by atoms with E-state index in [9.17, 15) is 14.9 Å². The van der Waals surface area contributed by atoms with Crippen LogP contribution in [-0.4, -0.2) is 16.9 Å². The van der Waals surface area contributed by atoms with Gasteiger partial charge in [0, 0.05) is 23.9 Å². The average Bonchev–Trinajstić information content (AvgIpc) is 2.46. The van der Waals surface area contributed by atoms with Crippen LogP contribution in [0.25, 0.3) is 0 Å². The number of carbonyl (C=O) groups excluding carboxylic acids is 1. The van der Waals surface area contributed by atoms with Crippen molar-refractivity contribution < 1.29 is 9.72 Å². The molecule has 0 aromatic heterocycles. The number of nitro benzene ring substituents is 1. The summed E-state index contributed by atoms with van der Waals surface area (Å²) in [5.74, 6) is 0.0101. The van der Waals surface area contributed by atoms with Crippen LogP contribution in [0.15, 0.2) is 53.5 Å². The second-order valence-electron chi connectivity index (χ2n) is 4.21. The zero-order valence-electron chi connectivity index (χ0n) is 10.8. The van der Waals surface area contributed by atoms with Gasteiger partial charge in [-0.05, 0) is 48.9 Å². The maximum atomic E-state index is 11.1. The maximum Gasteiger partial charge on any atom is 0.269 e. The van der Waals surface area contributed by atoms with Gasteiger partial charge in [-0.15, -0.1) is 0 Å². The van der Waals surface area contributed by atoms with Gasteiger partial charge in [-0.3, -0.25) is 19.9 Å². The Morgan fingerprint density at radius 2 is 1.70 bits per heavy atom. The van der Waals surface area contributed by atoms with Crippen molar-refractivity contribution in [2.75, 3.05) is 0 Å². The lowest BCUT2D eigenvalue weighted by molar-refractivity contribution is -0.384. The van der Waals surface area contributed by atoms with Crippen molar-refractivity contribution in [2.24, 2.45) is 4.99 Å². The lowest BCUT2D eigenvalue weighted by atomic mass is 10.1. The van der Waals surface area contributed by atoms with Crippen LogP contribution in [0.4, 0.5) is 11.4 Å². The molecule has 5 nitrogen and oxygen atoms in total. The summed E-state index contributed by atoms with van der Waals surface area (Å²) in [6.45, 7) is 1.51. The van der Waals surface area contributed by atoms with Crippen molar-refractivity contribution >= 4 is 23.4 Å². The second-order valence-corrected chi connectivity index (χ2v) is 4.21. The van der Waals surface area contributed by atoms with E-state index in [-0.39, 0.29) is 11.5 Å². The number of rotatable bonds is 4. The fourth-order valence-electron chi connectivity index (χ4n) is 1.61. The van der Waals surface area contributed by atoms with Gasteiger partial charge in [0.15, 0.2) is 5.78 Å². The molecule has 0 unspecified atom stereocenters. The van der Waals surface area contributed by atoms with Crippen LogP contribution < -0.4 is 0 Å². The summed E-state index contributed by atoms with van der Waals surface area (Å²) in [5, 5.41) is 10.5. The van der Waals surface area contributed by atoms with E-state index in [1.54, 1.807) is 42.6 Å². The van der Waals surface area contributed by atoms with Crippen molar-refractivity contribution in [1.29, 1.82) is 0 Å². The number of nitro groups is 1. The fraction of sp³-hybridized carbons (Fsp3) is 0.0667. The molecular weight excluding hydrogens is 256 g/mol. The largest absolute Gasteiger partial charge is 0.295 e. The summed E-state index contributed by atoms with van der Waals surface area (Å²) in [6, 6.07) is 13.0. The molecule has 2 aromatic rings. The number of Topliss-reactive ketones (excluding diaryl/α,β-unsaturated/α-hetero) is 1. The molecule has 0 fully saturated rings. The van der Waals surface area contributed by atoms with Gasteiger partial charge < -0.3 is 0 Å². The molecule has 0 spiro atoms. The molecule has 2 aromatic carbocycles. The fourth-order valence-corrected chi connectivity index (χ4v) is 1.61. The van der Waals surface area contributed by atoms with E-state index in [1.165, 1.54) is 19.1 Å². The summed E-state index contributed by atoms with van der Waals surface area (Å²) in [4.78, 5) is 25.5. The van der Waals surface area contributed by atoms with Gasteiger partial charge in [0.05, 0.1) is 10.6 Å². The third kappa shape index (κ3) is 3.35. The van der Waals surface area contributed by atoms with Crippen molar-refractivity contribution in [3.8, 4) is 0 Å². The van der Waals surface area contributed by atoms with Crippen molar-refractivity contribution in [3.05, 3.63) is 69.8 Å². The van der Waals surface area contributed by atoms with Crippen molar-refractivity contribution in [3.63, 3.8) is 0 Å². The first-order valence-corrected chi connectivity index (χ1v) is 5.96. The minimum absolute atomic E-state index is 0.0101. The monoisotopic (exact) mass is 268 g/mol. The Morgan fingerprint density at radius 1 is 1.10 bits per heavy atom. The number of hydrogen-bond donors (Lipinski definition) is 0. The topological polar surface area (TPSA) is 72.6 Å². The van der Waals surface area contributed by atoms with E-state index in [1.807, 2.05) is 0 Å². The van der Waals surface area contributed by atoms with E-state index in [2.05, 4.69) is 4.99 Å². The molecule has 0 saturated carbocycles. The number of nitrogens with zero attached hydrogens (tertiary/aromatic N) is 2. The molecule has 0 radical (unpaired) electrons. The molecule has 0 aliphatic rings. The summed E-state index contributed by atoms with van der Waals surface area (Å²) in [5.41, 5.74) is 2.17. The minimum atomic E-state index is -0.443. The number of aliphatic imine (C=N–C) groups is 1. The normalized spacial score (nSPS) is 10.7. The predicted molar refractivity (Wildman–Crippen MR) is 76.8 cm³/mol. The highest BCUT2D eigenvalue weighted by Crippen LogP contribution is 2.15. The molecule has 0 N–H and O–H groups in total. The van der Waals surface area contributed by atoms with Crippen LogP contribution >= 0.6 is 0 Å². The average molecular weight is 268 g/mol. The van der Waals surface area contributed by atoms with Crippen molar-refractivity contribution in [2.45, 2.75) is 6.92 Å². The Bertz CT molecular complexity index is 599. The van der Waals surface area contributed by atoms with Gasteiger partial charge in [0.1, 0.15) is 0 Å². The molecule has 0 aliphatic heterocycles. The first kappa shape index (κ1) is 13.6. The van der Waals surface area contributed by atoms with E-state index in [4.69, 9.17) is 0 Å².